The first kappa shape index (κ1) is 15.3. The molecule has 0 radical (unpaired) electrons. The van der Waals surface area contributed by atoms with E-state index in [0.717, 1.165) is 12.1 Å². The minimum Gasteiger partial charge on any atom is -0.355 e. The summed E-state index contributed by atoms with van der Waals surface area (Å²) in [7, 11) is 0. The molecule has 1 N–H and O–H groups in total. The third-order valence-corrected chi connectivity index (χ3v) is 4.16. The van der Waals surface area contributed by atoms with Crippen LogP contribution in [0.15, 0.2) is 35.0 Å². The fourth-order valence-electron chi connectivity index (χ4n) is 2.59. The number of allylic oxidation sites excluding steroid dienone is 1. The molecule has 5 heteroatoms. The SMILES string of the molecule is CC1(C)C(C=C(Cl)Cl)C1C(=O)NCCc1ccccn1. The van der Waals surface area contributed by atoms with Crippen LogP contribution in [0.1, 0.15) is 19.5 Å². The van der Waals surface area contributed by atoms with Crippen molar-refractivity contribution < 1.29 is 4.79 Å². The first-order valence-electron chi connectivity index (χ1n) is 6.63. The first-order chi connectivity index (χ1) is 9.43. The van der Waals surface area contributed by atoms with E-state index in [1.807, 2.05) is 32.0 Å². The van der Waals surface area contributed by atoms with Crippen LogP contribution in [-0.2, 0) is 11.2 Å². The van der Waals surface area contributed by atoms with E-state index >= 15 is 0 Å². The molecule has 1 aliphatic rings. The van der Waals surface area contributed by atoms with Crippen LogP contribution in [-0.4, -0.2) is 17.4 Å². The molecule has 0 spiro atoms. The smallest absolute Gasteiger partial charge is 0.224 e. The summed E-state index contributed by atoms with van der Waals surface area (Å²) in [5.41, 5.74) is 0.896. The maximum Gasteiger partial charge on any atom is 0.224 e. The van der Waals surface area contributed by atoms with E-state index in [1.54, 1.807) is 12.3 Å². The Morgan fingerprint density at radius 2 is 2.20 bits per heavy atom. The highest BCUT2D eigenvalue weighted by Gasteiger charge is 2.60. The maximum absolute atomic E-state index is 12.2. The predicted octanol–water partition coefficient (Wildman–Crippen LogP) is 3.33. The fourth-order valence-corrected chi connectivity index (χ4v) is 2.87. The third kappa shape index (κ3) is 3.53. The normalized spacial score (nSPS) is 23.0. The molecular weight excluding hydrogens is 295 g/mol. The Hall–Kier alpha value is -1.06. The molecule has 2 unspecified atom stereocenters. The molecule has 108 valence electrons. The van der Waals surface area contributed by atoms with Crippen molar-refractivity contribution in [3.8, 4) is 0 Å². The molecule has 1 saturated carbocycles. The number of nitrogens with zero attached hydrogens (tertiary/aromatic N) is 1. The third-order valence-electron chi connectivity index (χ3n) is 3.91. The first-order valence-corrected chi connectivity index (χ1v) is 7.39. The lowest BCUT2D eigenvalue weighted by Gasteiger charge is -2.05. The molecule has 0 aromatic carbocycles. The molecule has 3 nitrogen and oxygen atoms in total. The van der Waals surface area contributed by atoms with Crippen molar-refractivity contribution in [2.24, 2.45) is 17.3 Å². The Labute approximate surface area is 129 Å². The van der Waals surface area contributed by atoms with Gasteiger partial charge in [0.05, 0.1) is 5.92 Å². The van der Waals surface area contributed by atoms with E-state index in [4.69, 9.17) is 23.2 Å². The average Bonchev–Trinajstić information content (AvgIpc) is 2.91. The van der Waals surface area contributed by atoms with Gasteiger partial charge in [-0.15, -0.1) is 0 Å². The van der Waals surface area contributed by atoms with Gasteiger partial charge in [-0.25, -0.2) is 0 Å². The Morgan fingerprint density at radius 1 is 1.45 bits per heavy atom. The van der Waals surface area contributed by atoms with E-state index in [-0.39, 0.29) is 27.6 Å². The van der Waals surface area contributed by atoms with Crippen molar-refractivity contribution in [1.29, 1.82) is 0 Å². The minimum atomic E-state index is -0.0793. The van der Waals surface area contributed by atoms with E-state index < -0.39 is 0 Å². The van der Waals surface area contributed by atoms with Crippen molar-refractivity contribution in [1.82, 2.24) is 10.3 Å². The Bertz CT molecular complexity index is 510. The minimum absolute atomic E-state index is 0.0567. The lowest BCUT2D eigenvalue weighted by atomic mass is 10.1. The number of nitrogens with one attached hydrogen (secondary N) is 1. The monoisotopic (exact) mass is 312 g/mol. The summed E-state index contributed by atoms with van der Waals surface area (Å²) < 4.78 is 0.229. The zero-order valence-corrected chi connectivity index (χ0v) is 13.1. The van der Waals surface area contributed by atoms with Gasteiger partial charge in [0.1, 0.15) is 4.49 Å². The fraction of sp³-hybridized carbons (Fsp3) is 0.467. The van der Waals surface area contributed by atoms with Crippen LogP contribution in [0.5, 0.6) is 0 Å². The average molecular weight is 313 g/mol. The van der Waals surface area contributed by atoms with Crippen LogP contribution in [0, 0.1) is 17.3 Å². The molecule has 1 fully saturated rings. The van der Waals surface area contributed by atoms with Crippen molar-refractivity contribution in [2.45, 2.75) is 20.3 Å². The molecule has 1 aliphatic carbocycles. The van der Waals surface area contributed by atoms with Gasteiger partial charge < -0.3 is 5.32 Å². The van der Waals surface area contributed by atoms with E-state index in [2.05, 4.69) is 10.3 Å². The van der Waals surface area contributed by atoms with E-state index in [1.165, 1.54) is 0 Å². The molecule has 20 heavy (non-hydrogen) atoms. The zero-order valence-electron chi connectivity index (χ0n) is 11.6. The largest absolute Gasteiger partial charge is 0.355 e. The Morgan fingerprint density at radius 3 is 2.80 bits per heavy atom. The Kier molecular flexibility index (Phi) is 4.71. The molecule has 2 atom stereocenters. The van der Waals surface area contributed by atoms with Crippen LogP contribution in [0.4, 0.5) is 0 Å². The van der Waals surface area contributed by atoms with Crippen LogP contribution in [0.3, 0.4) is 0 Å². The molecule has 0 aliphatic heterocycles. The van der Waals surface area contributed by atoms with Gasteiger partial charge in [-0.3, -0.25) is 9.78 Å². The molecule has 2 rings (SSSR count). The molecule has 1 aromatic rings. The standard InChI is InChI=1S/C15H18Cl2N2O/c1-15(2)11(9-12(16)17)13(15)14(20)19-8-6-10-5-3-4-7-18-10/h3-5,7,9,11,13H,6,8H2,1-2H3,(H,19,20). The molecular formula is C15H18Cl2N2O. The van der Waals surface area contributed by atoms with Crippen LogP contribution < -0.4 is 5.32 Å². The second kappa shape index (κ2) is 6.15. The number of aromatic nitrogens is 1. The zero-order chi connectivity index (χ0) is 14.8. The number of amides is 1. The highest BCUT2D eigenvalue weighted by Crippen LogP contribution is 2.59. The quantitative estimate of drug-likeness (QED) is 0.906. The second-order valence-electron chi connectivity index (χ2n) is 5.64. The number of pyridine rings is 1. The van der Waals surface area contributed by atoms with Gasteiger partial charge in [0.25, 0.3) is 0 Å². The summed E-state index contributed by atoms with van der Waals surface area (Å²) in [6.45, 7) is 4.69. The summed E-state index contributed by atoms with van der Waals surface area (Å²) in [6, 6.07) is 5.77. The van der Waals surface area contributed by atoms with Gasteiger partial charge in [0.15, 0.2) is 0 Å². The van der Waals surface area contributed by atoms with Gasteiger partial charge in [-0.1, -0.05) is 43.1 Å². The summed E-state index contributed by atoms with van der Waals surface area (Å²) in [5, 5.41) is 2.96. The number of rotatable bonds is 5. The van der Waals surface area contributed by atoms with Crippen molar-refractivity contribution in [2.75, 3.05) is 6.54 Å². The number of hydrogen-bond acceptors (Lipinski definition) is 2. The molecule has 1 amide bonds. The van der Waals surface area contributed by atoms with E-state index in [0.29, 0.717) is 6.54 Å². The van der Waals surface area contributed by atoms with Gasteiger partial charge >= 0.3 is 0 Å². The topological polar surface area (TPSA) is 42.0 Å². The van der Waals surface area contributed by atoms with Gasteiger partial charge in [-0.2, -0.15) is 0 Å². The molecule has 1 heterocycles. The van der Waals surface area contributed by atoms with Gasteiger partial charge in [0, 0.05) is 24.9 Å². The highest BCUT2D eigenvalue weighted by atomic mass is 35.5. The number of halogens is 2. The number of hydrogen-bond donors (Lipinski definition) is 1. The maximum atomic E-state index is 12.2. The predicted molar refractivity (Wildman–Crippen MR) is 81.5 cm³/mol. The lowest BCUT2D eigenvalue weighted by Crippen LogP contribution is -2.29. The second-order valence-corrected chi connectivity index (χ2v) is 6.65. The van der Waals surface area contributed by atoms with Gasteiger partial charge in [-0.05, 0) is 29.5 Å². The summed E-state index contributed by atoms with van der Waals surface area (Å²) in [6.07, 6.45) is 4.24. The number of carbonyl (C=O) groups excluding carboxylic acids is 1. The lowest BCUT2D eigenvalue weighted by molar-refractivity contribution is -0.123. The van der Waals surface area contributed by atoms with Gasteiger partial charge in [0.2, 0.25) is 5.91 Å². The van der Waals surface area contributed by atoms with Crippen LogP contribution >= 0.6 is 23.2 Å². The molecule has 1 aromatic heterocycles. The summed E-state index contributed by atoms with van der Waals surface area (Å²) >= 11 is 11.4. The number of carbonyl (C=O) groups is 1. The van der Waals surface area contributed by atoms with Crippen molar-refractivity contribution in [3.05, 3.63) is 40.7 Å². The molecule has 0 bridgehead atoms. The van der Waals surface area contributed by atoms with E-state index in [9.17, 15) is 4.79 Å². The highest BCUT2D eigenvalue weighted by molar-refractivity contribution is 6.55. The van der Waals surface area contributed by atoms with Crippen LogP contribution in [0.25, 0.3) is 0 Å². The van der Waals surface area contributed by atoms with Crippen molar-refractivity contribution >= 4 is 29.1 Å². The van der Waals surface area contributed by atoms with Crippen LogP contribution in [0.2, 0.25) is 0 Å². The molecule has 0 saturated heterocycles. The van der Waals surface area contributed by atoms with Crippen molar-refractivity contribution in [3.63, 3.8) is 0 Å². The summed E-state index contributed by atoms with van der Waals surface area (Å²) in [5.74, 6) is 0.114. The summed E-state index contributed by atoms with van der Waals surface area (Å²) in [4.78, 5) is 16.4. The Balaban J connectivity index is 1.83.